The molecule has 4 rings (SSSR count). The zero-order valence-electron chi connectivity index (χ0n) is 15.3. The number of para-hydroxylation sites is 1. The van der Waals surface area contributed by atoms with Crippen LogP contribution in [0.15, 0.2) is 58.2 Å². The molecule has 0 radical (unpaired) electrons. The summed E-state index contributed by atoms with van der Waals surface area (Å²) >= 11 is 9.13. The highest BCUT2D eigenvalue weighted by Gasteiger charge is 2.18. The van der Waals surface area contributed by atoms with Gasteiger partial charge >= 0.3 is 0 Å². The first-order valence-electron chi connectivity index (χ1n) is 8.68. The number of aromatic nitrogens is 2. The Kier molecular flexibility index (Phi) is 6.03. The van der Waals surface area contributed by atoms with Gasteiger partial charge < -0.3 is 14.5 Å². The molecular weight excluding hydrogens is 430 g/mol. The van der Waals surface area contributed by atoms with Gasteiger partial charge in [0, 0.05) is 22.2 Å². The number of ether oxygens (including phenoxy) is 1. The minimum absolute atomic E-state index is 0.138. The highest BCUT2D eigenvalue weighted by Crippen LogP contribution is 2.41. The smallest absolute Gasteiger partial charge is 0.277 e. The van der Waals surface area contributed by atoms with Crippen LogP contribution < -0.4 is 10.1 Å². The molecule has 2 aromatic heterocycles. The van der Waals surface area contributed by atoms with Crippen molar-refractivity contribution in [1.29, 1.82) is 0 Å². The van der Waals surface area contributed by atoms with Crippen LogP contribution in [0.5, 0.6) is 5.75 Å². The van der Waals surface area contributed by atoms with Gasteiger partial charge in [-0.15, -0.1) is 21.5 Å². The average molecular weight is 446 g/mol. The van der Waals surface area contributed by atoms with Crippen LogP contribution in [-0.4, -0.2) is 29.0 Å². The molecule has 1 amide bonds. The van der Waals surface area contributed by atoms with Gasteiger partial charge in [-0.05, 0) is 12.1 Å². The van der Waals surface area contributed by atoms with Crippen molar-refractivity contribution in [3.8, 4) is 16.5 Å². The highest BCUT2D eigenvalue weighted by molar-refractivity contribution is 7.99. The molecule has 0 saturated carbocycles. The summed E-state index contributed by atoms with van der Waals surface area (Å²) in [6, 6.07) is 15.4. The van der Waals surface area contributed by atoms with E-state index in [0.717, 1.165) is 26.3 Å². The topological polar surface area (TPSA) is 77.2 Å². The van der Waals surface area contributed by atoms with E-state index in [-0.39, 0.29) is 11.7 Å². The Hall–Kier alpha value is -2.55. The van der Waals surface area contributed by atoms with Gasteiger partial charge in [-0.2, -0.15) is 0 Å². The summed E-state index contributed by atoms with van der Waals surface area (Å²) in [5, 5.41) is 12.8. The Morgan fingerprint density at radius 3 is 2.83 bits per heavy atom. The molecule has 6 nitrogen and oxygen atoms in total. The van der Waals surface area contributed by atoms with Gasteiger partial charge in [-0.25, -0.2) is 0 Å². The van der Waals surface area contributed by atoms with E-state index in [0.29, 0.717) is 22.7 Å². The first-order valence-corrected chi connectivity index (χ1v) is 10.9. The largest absolute Gasteiger partial charge is 0.496 e. The molecule has 4 aromatic rings. The molecule has 1 N–H and O–H groups in total. The van der Waals surface area contributed by atoms with Crippen LogP contribution in [0.3, 0.4) is 0 Å². The molecule has 0 saturated heterocycles. The van der Waals surface area contributed by atoms with Gasteiger partial charge in [-0.3, -0.25) is 4.79 Å². The number of carbonyl (C=O) groups is 1. The molecule has 0 bridgehead atoms. The number of nitrogens with zero attached hydrogens (tertiary/aromatic N) is 2. The Bertz CT molecular complexity index is 1160. The monoisotopic (exact) mass is 445 g/mol. The van der Waals surface area contributed by atoms with Gasteiger partial charge in [0.15, 0.2) is 0 Å². The molecule has 0 unspecified atom stereocenters. The SMILES string of the molecule is COc1ccccc1CNC(=O)CSc1nnc(-c2sc3ccccc3c2Cl)o1. The fraction of sp³-hybridized carbons (Fsp3) is 0.150. The molecule has 2 aromatic carbocycles. The predicted octanol–water partition coefficient (Wildman–Crippen LogP) is 5.02. The number of halogens is 1. The average Bonchev–Trinajstić information content (AvgIpc) is 3.35. The third-order valence-corrected chi connectivity index (χ3v) is 6.61. The lowest BCUT2D eigenvalue weighted by atomic mass is 10.2. The maximum absolute atomic E-state index is 12.2. The van der Waals surface area contributed by atoms with Crippen molar-refractivity contribution in [3.63, 3.8) is 0 Å². The van der Waals surface area contributed by atoms with Crippen LogP contribution in [0.1, 0.15) is 5.56 Å². The van der Waals surface area contributed by atoms with Crippen molar-refractivity contribution >= 4 is 50.7 Å². The Morgan fingerprint density at radius 1 is 1.21 bits per heavy atom. The first kappa shape index (κ1) is 19.8. The van der Waals surface area contributed by atoms with E-state index < -0.39 is 0 Å². The lowest BCUT2D eigenvalue weighted by molar-refractivity contribution is -0.118. The number of fused-ring (bicyclic) bond motifs is 1. The van der Waals surface area contributed by atoms with Crippen LogP contribution in [0.2, 0.25) is 5.02 Å². The zero-order chi connectivity index (χ0) is 20.2. The number of rotatable bonds is 7. The Labute approximate surface area is 180 Å². The number of benzene rings is 2. The number of hydrogen-bond acceptors (Lipinski definition) is 7. The van der Waals surface area contributed by atoms with E-state index in [1.54, 1.807) is 7.11 Å². The van der Waals surface area contributed by atoms with Crippen molar-refractivity contribution < 1.29 is 13.9 Å². The van der Waals surface area contributed by atoms with Gasteiger partial charge in [-0.1, -0.05) is 59.8 Å². The third-order valence-electron chi connectivity index (χ3n) is 4.13. The summed E-state index contributed by atoms with van der Waals surface area (Å²) in [4.78, 5) is 12.9. The molecule has 2 heterocycles. The summed E-state index contributed by atoms with van der Waals surface area (Å²) in [6.45, 7) is 0.385. The van der Waals surface area contributed by atoms with Crippen LogP contribution in [0, 0.1) is 0 Å². The molecule has 0 aliphatic heterocycles. The molecule has 0 fully saturated rings. The maximum atomic E-state index is 12.2. The minimum Gasteiger partial charge on any atom is -0.496 e. The van der Waals surface area contributed by atoms with E-state index in [1.807, 2.05) is 48.5 Å². The zero-order valence-corrected chi connectivity index (χ0v) is 17.7. The van der Waals surface area contributed by atoms with Crippen molar-refractivity contribution in [3.05, 3.63) is 59.1 Å². The van der Waals surface area contributed by atoms with Crippen molar-refractivity contribution in [2.45, 2.75) is 11.8 Å². The first-order chi connectivity index (χ1) is 14.2. The Balaban J connectivity index is 1.37. The fourth-order valence-electron chi connectivity index (χ4n) is 2.73. The van der Waals surface area contributed by atoms with Crippen molar-refractivity contribution in [1.82, 2.24) is 15.5 Å². The molecule has 9 heteroatoms. The van der Waals surface area contributed by atoms with Crippen LogP contribution in [0.4, 0.5) is 0 Å². The standard InChI is InChI=1S/C20H16ClN3O3S2/c1-26-14-8-4-2-6-12(14)10-22-16(25)11-28-20-24-23-19(27-20)18-17(21)13-7-3-5-9-15(13)29-18/h2-9H,10-11H2,1H3,(H,22,25). The van der Waals surface area contributed by atoms with Crippen LogP contribution in [-0.2, 0) is 11.3 Å². The van der Waals surface area contributed by atoms with E-state index in [4.69, 9.17) is 20.8 Å². The Morgan fingerprint density at radius 2 is 2.00 bits per heavy atom. The number of amides is 1. The third kappa shape index (κ3) is 4.39. The van der Waals surface area contributed by atoms with E-state index in [2.05, 4.69) is 15.5 Å². The number of thiophene rings is 1. The molecular formula is C20H16ClN3O3S2. The normalized spacial score (nSPS) is 11.0. The quantitative estimate of drug-likeness (QED) is 0.402. The number of thioether (sulfide) groups is 1. The molecule has 0 spiro atoms. The molecule has 29 heavy (non-hydrogen) atoms. The molecule has 0 aliphatic carbocycles. The van der Waals surface area contributed by atoms with E-state index in [1.165, 1.54) is 23.1 Å². The maximum Gasteiger partial charge on any atom is 0.277 e. The number of carbonyl (C=O) groups excluding carboxylic acids is 1. The van der Waals surface area contributed by atoms with E-state index in [9.17, 15) is 4.79 Å². The van der Waals surface area contributed by atoms with Crippen molar-refractivity contribution in [2.24, 2.45) is 0 Å². The number of hydrogen-bond donors (Lipinski definition) is 1. The lowest BCUT2D eigenvalue weighted by Crippen LogP contribution is -2.24. The predicted molar refractivity (Wildman–Crippen MR) is 116 cm³/mol. The minimum atomic E-state index is -0.138. The second-order valence-corrected chi connectivity index (χ2v) is 8.35. The van der Waals surface area contributed by atoms with Gasteiger partial charge in [0.1, 0.15) is 10.6 Å². The van der Waals surface area contributed by atoms with Crippen molar-refractivity contribution in [2.75, 3.05) is 12.9 Å². The van der Waals surface area contributed by atoms with Crippen LogP contribution >= 0.6 is 34.7 Å². The molecule has 0 atom stereocenters. The summed E-state index contributed by atoms with van der Waals surface area (Å²) in [5.41, 5.74) is 0.910. The summed E-state index contributed by atoms with van der Waals surface area (Å²) in [7, 11) is 1.60. The number of methoxy groups -OCH3 is 1. The summed E-state index contributed by atoms with van der Waals surface area (Å²) < 4.78 is 12.0. The second kappa shape index (κ2) is 8.86. The molecule has 148 valence electrons. The van der Waals surface area contributed by atoms with Gasteiger partial charge in [0.2, 0.25) is 5.91 Å². The van der Waals surface area contributed by atoms with E-state index >= 15 is 0 Å². The number of nitrogens with one attached hydrogen (secondary N) is 1. The second-order valence-electron chi connectivity index (χ2n) is 5.99. The van der Waals surface area contributed by atoms with Crippen LogP contribution in [0.25, 0.3) is 20.9 Å². The lowest BCUT2D eigenvalue weighted by Gasteiger charge is -2.08. The molecule has 0 aliphatic rings. The summed E-state index contributed by atoms with van der Waals surface area (Å²) in [6.07, 6.45) is 0. The van der Waals surface area contributed by atoms with Gasteiger partial charge in [0.25, 0.3) is 11.1 Å². The fourth-order valence-corrected chi connectivity index (χ4v) is 4.76. The summed E-state index contributed by atoms with van der Waals surface area (Å²) in [5.74, 6) is 1.12. The van der Waals surface area contributed by atoms with Gasteiger partial charge in [0.05, 0.1) is 17.9 Å². The highest BCUT2D eigenvalue weighted by atomic mass is 35.5.